The van der Waals surface area contributed by atoms with Crippen LogP contribution in [0.5, 0.6) is 0 Å². The summed E-state index contributed by atoms with van der Waals surface area (Å²) in [6.07, 6.45) is 3.45. The van der Waals surface area contributed by atoms with E-state index in [4.69, 9.17) is 5.73 Å². The van der Waals surface area contributed by atoms with E-state index in [1.54, 1.807) is 0 Å². The predicted octanol–water partition coefficient (Wildman–Crippen LogP) is 3.17. The first kappa shape index (κ1) is 18.2. The number of benzene rings is 2. The second kappa shape index (κ2) is 8.24. The number of likely N-dealkylation sites (tertiary alicyclic amines) is 2. The Labute approximate surface area is 162 Å². The molecule has 3 atom stereocenters. The molecule has 0 saturated carbocycles. The molecule has 1 unspecified atom stereocenters. The van der Waals surface area contributed by atoms with Crippen LogP contribution in [0, 0.1) is 0 Å². The Bertz CT molecular complexity index is 743. The van der Waals surface area contributed by atoms with Crippen LogP contribution in [0.25, 0.3) is 0 Å². The highest BCUT2D eigenvalue weighted by Crippen LogP contribution is 2.34. The number of rotatable bonds is 4. The van der Waals surface area contributed by atoms with Gasteiger partial charge in [0.25, 0.3) is 0 Å². The van der Waals surface area contributed by atoms with Crippen molar-refractivity contribution in [3.8, 4) is 0 Å². The van der Waals surface area contributed by atoms with E-state index in [2.05, 4.69) is 46.2 Å². The van der Waals surface area contributed by atoms with Crippen molar-refractivity contribution in [1.82, 2.24) is 9.80 Å². The molecule has 142 valence electrons. The van der Waals surface area contributed by atoms with Crippen LogP contribution in [0.4, 0.5) is 0 Å². The van der Waals surface area contributed by atoms with Crippen molar-refractivity contribution >= 4 is 5.91 Å². The van der Waals surface area contributed by atoms with E-state index in [1.807, 2.05) is 24.3 Å². The highest BCUT2D eigenvalue weighted by atomic mass is 16.2. The summed E-state index contributed by atoms with van der Waals surface area (Å²) in [6, 6.07) is 20.5. The van der Waals surface area contributed by atoms with Gasteiger partial charge in [0.15, 0.2) is 0 Å². The van der Waals surface area contributed by atoms with Crippen LogP contribution in [0.2, 0.25) is 0 Å². The van der Waals surface area contributed by atoms with E-state index in [0.717, 1.165) is 44.6 Å². The maximum Gasteiger partial charge on any atom is 0.244 e. The molecule has 2 N–H and O–H groups in total. The first-order chi connectivity index (χ1) is 13.2. The Morgan fingerprint density at radius 3 is 2.19 bits per heavy atom. The maximum atomic E-state index is 13.5. The lowest BCUT2D eigenvalue weighted by Crippen LogP contribution is -2.45. The fourth-order valence-electron chi connectivity index (χ4n) is 4.56. The van der Waals surface area contributed by atoms with Crippen LogP contribution in [-0.2, 0) is 4.79 Å². The number of amides is 1. The van der Waals surface area contributed by atoms with E-state index < -0.39 is 0 Å². The SMILES string of the molecule is N[C@@H]1CN(C(C(=O)N2CCCCC2)c2ccccc2)C[C@H]1c1ccccc1. The summed E-state index contributed by atoms with van der Waals surface area (Å²) in [4.78, 5) is 17.8. The summed E-state index contributed by atoms with van der Waals surface area (Å²) in [5.74, 6) is 0.508. The van der Waals surface area contributed by atoms with Crippen LogP contribution in [-0.4, -0.2) is 47.9 Å². The molecule has 0 spiro atoms. The molecule has 2 saturated heterocycles. The topological polar surface area (TPSA) is 49.6 Å². The van der Waals surface area contributed by atoms with Crippen LogP contribution < -0.4 is 5.73 Å². The van der Waals surface area contributed by atoms with Gasteiger partial charge in [0.05, 0.1) is 0 Å². The molecule has 0 aliphatic carbocycles. The third-order valence-corrected chi connectivity index (χ3v) is 6.00. The molecular weight excluding hydrogens is 334 g/mol. The van der Waals surface area contributed by atoms with Gasteiger partial charge in [-0.25, -0.2) is 0 Å². The van der Waals surface area contributed by atoms with Gasteiger partial charge in [-0.1, -0.05) is 60.7 Å². The molecule has 2 aliphatic rings. The van der Waals surface area contributed by atoms with Gasteiger partial charge in [0.2, 0.25) is 5.91 Å². The summed E-state index contributed by atoms with van der Waals surface area (Å²) >= 11 is 0. The molecule has 0 radical (unpaired) electrons. The van der Waals surface area contributed by atoms with Gasteiger partial charge in [0, 0.05) is 38.1 Å². The van der Waals surface area contributed by atoms with E-state index in [9.17, 15) is 4.79 Å². The van der Waals surface area contributed by atoms with E-state index in [-0.39, 0.29) is 23.9 Å². The van der Waals surface area contributed by atoms with Crippen molar-refractivity contribution in [2.75, 3.05) is 26.2 Å². The van der Waals surface area contributed by atoms with Gasteiger partial charge >= 0.3 is 0 Å². The zero-order valence-corrected chi connectivity index (χ0v) is 15.8. The molecule has 2 heterocycles. The third kappa shape index (κ3) is 3.92. The maximum absolute atomic E-state index is 13.5. The molecule has 4 heteroatoms. The Balaban J connectivity index is 1.60. The first-order valence-corrected chi connectivity index (χ1v) is 10.1. The molecule has 2 aromatic rings. The summed E-state index contributed by atoms with van der Waals surface area (Å²) < 4.78 is 0. The van der Waals surface area contributed by atoms with Gasteiger partial charge in [-0.05, 0) is 30.4 Å². The lowest BCUT2D eigenvalue weighted by molar-refractivity contribution is -0.137. The first-order valence-electron chi connectivity index (χ1n) is 10.1. The summed E-state index contributed by atoms with van der Waals surface area (Å²) in [5, 5.41) is 0. The molecule has 1 amide bonds. The average molecular weight is 364 g/mol. The molecule has 0 bridgehead atoms. The normalized spacial score (nSPS) is 24.7. The lowest BCUT2D eigenvalue weighted by atomic mass is 9.95. The summed E-state index contributed by atoms with van der Waals surface area (Å²) in [7, 11) is 0. The van der Waals surface area contributed by atoms with E-state index in [0.29, 0.717) is 0 Å². The van der Waals surface area contributed by atoms with Crippen molar-refractivity contribution in [2.24, 2.45) is 5.73 Å². The average Bonchev–Trinajstić information content (AvgIpc) is 3.11. The monoisotopic (exact) mass is 363 g/mol. The van der Waals surface area contributed by atoms with Gasteiger partial charge in [-0.15, -0.1) is 0 Å². The molecule has 4 rings (SSSR count). The Morgan fingerprint density at radius 2 is 1.52 bits per heavy atom. The minimum absolute atomic E-state index is 0.0489. The fraction of sp³-hybridized carbons (Fsp3) is 0.435. The van der Waals surface area contributed by atoms with Crippen molar-refractivity contribution in [1.29, 1.82) is 0 Å². The number of hydrogen-bond donors (Lipinski definition) is 1. The number of carbonyl (C=O) groups excluding carboxylic acids is 1. The molecule has 2 aromatic carbocycles. The molecule has 2 fully saturated rings. The van der Waals surface area contributed by atoms with E-state index >= 15 is 0 Å². The lowest BCUT2D eigenvalue weighted by Gasteiger charge is -2.34. The van der Waals surface area contributed by atoms with Crippen LogP contribution >= 0.6 is 0 Å². The number of piperidine rings is 1. The molecule has 2 aliphatic heterocycles. The molecular formula is C23H29N3O. The predicted molar refractivity (Wildman–Crippen MR) is 108 cm³/mol. The van der Waals surface area contributed by atoms with Gasteiger partial charge in [0.1, 0.15) is 6.04 Å². The smallest absolute Gasteiger partial charge is 0.244 e. The standard InChI is InChI=1S/C23H29N3O/c24-21-17-26(16-20(21)18-10-4-1-5-11-18)22(19-12-6-2-7-13-19)23(27)25-14-8-3-9-15-25/h1-2,4-7,10-13,20-22H,3,8-9,14-17,24H2/t20-,21+,22?/m0/s1. The summed E-state index contributed by atoms with van der Waals surface area (Å²) in [6.45, 7) is 3.33. The highest BCUT2D eigenvalue weighted by molar-refractivity contribution is 5.83. The molecule has 4 nitrogen and oxygen atoms in total. The van der Waals surface area contributed by atoms with Crippen LogP contribution in [0.3, 0.4) is 0 Å². The second-order valence-electron chi connectivity index (χ2n) is 7.83. The third-order valence-electron chi connectivity index (χ3n) is 6.00. The van der Waals surface area contributed by atoms with Crippen LogP contribution in [0.15, 0.2) is 60.7 Å². The van der Waals surface area contributed by atoms with E-state index in [1.165, 1.54) is 12.0 Å². The number of nitrogens with two attached hydrogens (primary N) is 1. The largest absolute Gasteiger partial charge is 0.341 e. The zero-order chi connectivity index (χ0) is 18.6. The zero-order valence-electron chi connectivity index (χ0n) is 15.8. The minimum Gasteiger partial charge on any atom is -0.341 e. The summed E-state index contributed by atoms with van der Waals surface area (Å²) in [5.41, 5.74) is 8.88. The molecule has 27 heavy (non-hydrogen) atoms. The molecule has 0 aromatic heterocycles. The fourth-order valence-corrected chi connectivity index (χ4v) is 4.56. The minimum atomic E-state index is -0.232. The van der Waals surface area contributed by atoms with Crippen molar-refractivity contribution in [3.05, 3.63) is 71.8 Å². The van der Waals surface area contributed by atoms with Crippen molar-refractivity contribution < 1.29 is 4.79 Å². The van der Waals surface area contributed by atoms with Crippen LogP contribution in [0.1, 0.15) is 42.3 Å². The number of carbonyl (C=O) groups is 1. The van der Waals surface area contributed by atoms with Crippen molar-refractivity contribution in [3.63, 3.8) is 0 Å². The number of hydrogen-bond acceptors (Lipinski definition) is 3. The van der Waals surface area contributed by atoms with Gasteiger partial charge < -0.3 is 10.6 Å². The quantitative estimate of drug-likeness (QED) is 0.908. The Morgan fingerprint density at radius 1 is 0.889 bits per heavy atom. The second-order valence-corrected chi connectivity index (χ2v) is 7.83. The Kier molecular flexibility index (Phi) is 5.55. The number of nitrogens with zero attached hydrogens (tertiary/aromatic N) is 2. The van der Waals surface area contributed by atoms with Gasteiger partial charge in [-0.2, -0.15) is 0 Å². The van der Waals surface area contributed by atoms with Crippen molar-refractivity contribution in [2.45, 2.75) is 37.3 Å². The Hall–Kier alpha value is -2.17. The van der Waals surface area contributed by atoms with Gasteiger partial charge in [-0.3, -0.25) is 9.69 Å². The highest BCUT2D eigenvalue weighted by Gasteiger charge is 2.39.